The fraction of sp³-hybridized carbons (Fsp3) is 0.333. The SMILES string of the molecule is COc1cc(OCc2ncc(C(F)(F)F)cc2F)ccc1-c1cnc(C2CC(F)(F)C2)[nH]1. The Bertz CT molecular complexity index is 1120. The van der Waals surface area contributed by atoms with Crippen LogP contribution in [0.15, 0.2) is 36.7 Å². The van der Waals surface area contributed by atoms with Crippen LogP contribution >= 0.6 is 0 Å². The third-order valence-corrected chi connectivity index (χ3v) is 5.16. The first kappa shape index (κ1) is 22.0. The molecule has 11 heteroatoms. The van der Waals surface area contributed by atoms with Crippen LogP contribution in [0.3, 0.4) is 0 Å². The van der Waals surface area contributed by atoms with Gasteiger partial charge in [0.15, 0.2) is 0 Å². The Morgan fingerprint density at radius 1 is 1.12 bits per heavy atom. The van der Waals surface area contributed by atoms with Gasteiger partial charge in [-0.05, 0) is 18.2 Å². The lowest BCUT2D eigenvalue weighted by atomic mass is 9.81. The van der Waals surface area contributed by atoms with E-state index in [4.69, 9.17) is 9.47 Å². The number of aromatic nitrogens is 3. The second kappa shape index (κ2) is 8.03. The topological polar surface area (TPSA) is 60.0 Å². The number of rotatable bonds is 6. The van der Waals surface area contributed by atoms with Crippen molar-refractivity contribution < 1.29 is 35.8 Å². The van der Waals surface area contributed by atoms with Gasteiger partial charge in [0.1, 0.15) is 35.4 Å². The zero-order valence-electron chi connectivity index (χ0n) is 16.6. The average Bonchev–Trinajstić information content (AvgIpc) is 3.19. The Morgan fingerprint density at radius 2 is 1.88 bits per heavy atom. The molecule has 2 aromatic heterocycles. The number of hydrogen-bond acceptors (Lipinski definition) is 4. The van der Waals surface area contributed by atoms with Gasteiger partial charge in [-0.1, -0.05) is 0 Å². The molecule has 32 heavy (non-hydrogen) atoms. The molecule has 2 heterocycles. The number of nitrogens with zero attached hydrogens (tertiary/aromatic N) is 2. The Labute approximate surface area is 178 Å². The van der Waals surface area contributed by atoms with Crippen molar-refractivity contribution >= 4 is 0 Å². The third kappa shape index (κ3) is 4.51. The van der Waals surface area contributed by atoms with E-state index in [1.165, 1.54) is 19.4 Å². The second-order valence-electron chi connectivity index (χ2n) is 7.44. The number of H-pyrrole nitrogens is 1. The first-order valence-corrected chi connectivity index (χ1v) is 9.51. The molecule has 5 nitrogen and oxygen atoms in total. The molecule has 1 aliphatic carbocycles. The van der Waals surface area contributed by atoms with E-state index in [1.54, 1.807) is 12.1 Å². The fourth-order valence-corrected chi connectivity index (χ4v) is 3.40. The van der Waals surface area contributed by atoms with Gasteiger partial charge >= 0.3 is 6.18 Å². The Balaban J connectivity index is 1.47. The molecule has 0 saturated heterocycles. The van der Waals surface area contributed by atoms with Gasteiger partial charge in [0.05, 0.1) is 24.6 Å². The Hall–Kier alpha value is -3.24. The molecule has 0 amide bonds. The summed E-state index contributed by atoms with van der Waals surface area (Å²) < 4.78 is 88.8. The van der Waals surface area contributed by atoms with Crippen molar-refractivity contribution in [3.8, 4) is 22.8 Å². The molecule has 1 N–H and O–H groups in total. The molecule has 1 aromatic carbocycles. The van der Waals surface area contributed by atoms with Crippen LogP contribution in [0.2, 0.25) is 0 Å². The van der Waals surface area contributed by atoms with Gasteiger partial charge in [-0.15, -0.1) is 0 Å². The summed E-state index contributed by atoms with van der Waals surface area (Å²) >= 11 is 0. The van der Waals surface area contributed by atoms with Crippen LogP contribution in [0, 0.1) is 5.82 Å². The minimum atomic E-state index is -4.69. The van der Waals surface area contributed by atoms with Crippen molar-refractivity contribution in [3.63, 3.8) is 0 Å². The van der Waals surface area contributed by atoms with Gasteiger partial charge in [-0.3, -0.25) is 4.98 Å². The van der Waals surface area contributed by atoms with Gasteiger partial charge in [0.2, 0.25) is 5.92 Å². The molecule has 0 unspecified atom stereocenters. The maximum absolute atomic E-state index is 13.9. The normalized spacial score (nSPS) is 16.0. The second-order valence-corrected chi connectivity index (χ2v) is 7.44. The number of ether oxygens (including phenoxy) is 2. The van der Waals surface area contributed by atoms with E-state index in [0.29, 0.717) is 35.1 Å². The Kier molecular flexibility index (Phi) is 5.51. The highest BCUT2D eigenvalue weighted by atomic mass is 19.4. The van der Waals surface area contributed by atoms with Crippen LogP contribution in [0.5, 0.6) is 11.5 Å². The molecule has 170 valence electrons. The predicted octanol–water partition coefficient (Wildman–Crippen LogP) is 5.73. The van der Waals surface area contributed by atoms with Gasteiger partial charge in [0.25, 0.3) is 0 Å². The molecule has 0 radical (unpaired) electrons. The molecular weight excluding hydrogens is 440 g/mol. The molecular formula is C21H17F6N3O2. The lowest BCUT2D eigenvalue weighted by molar-refractivity contribution is -0.138. The van der Waals surface area contributed by atoms with Crippen molar-refractivity contribution in [2.75, 3.05) is 7.11 Å². The van der Waals surface area contributed by atoms with Gasteiger partial charge in [-0.25, -0.2) is 18.2 Å². The highest BCUT2D eigenvalue weighted by molar-refractivity contribution is 5.68. The van der Waals surface area contributed by atoms with Crippen LogP contribution in [-0.2, 0) is 12.8 Å². The number of nitrogens with one attached hydrogen (secondary N) is 1. The molecule has 0 aliphatic heterocycles. The predicted molar refractivity (Wildman–Crippen MR) is 101 cm³/mol. The molecule has 1 fully saturated rings. The monoisotopic (exact) mass is 457 g/mol. The first-order chi connectivity index (χ1) is 15.1. The van der Waals surface area contributed by atoms with Crippen LogP contribution in [0.25, 0.3) is 11.3 Å². The van der Waals surface area contributed by atoms with E-state index in [-0.39, 0.29) is 30.2 Å². The minimum Gasteiger partial charge on any atom is -0.496 e. The zero-order chi connectivity index (χ0) is 23.1. The number of benzene rings is 1. The maximum Gasteiger partial charge on any atom is 0.417 e. The number of methoxy groups -OCH3 is 1. The highest BCUT2D eigenvalue weighted by Crippen LogP contribution is 2.47. The summed E-state index contributed by atoms with van der Waals surface area (Å²) in [6.45, 7) is -0.392. The van der Waals surface area contributed by atoms with Gasteiger partial charge in [0, 0.05) is 36.6 Å². The summed E-state index contributed by atoms with van der Waals surface area (Å²) in [6.07, 6.45) is -3.13. The van der Waals surface area contributed by atoms with Crippen LogP contribution in [0.1, 0.15) is 35.8 Å². The number of aromatic amines is 1. The molecule has 1 aliphatic rings. The summed E-state index contributed by atoms with van der Waals surface area (Å²) in [6, 6.07) is 5.06. The minimum absolute atomic E-state index is 0.252. The van der Waals surface area contributed by atoms with E-state index >= 15 is 0 Å². The summed E-state index contributed by atoms with van der Waals surface area (Å²) in [5.74, 6) is -3.01. The number of pyridine rings is 1. The van der Waals surface area contributed by atoms with E-state index in [1.807, 2.05) is 0 Å². The van der Waals surface area contributed by atoms with Gasteiger partial charge in [-0.2, -0.15) is 13.2 Å². The van der Waals surface area contributed by atoms with E-state index in [9.17, 15) is 26.3 Å². The lowest BCUT2D eigenvalue weighted by Crippen LogP contribution is -2.34. The van der Waals surface area contributed by atoms with E-state index in [0.717, 1.165) is 0 Å². The summed E-state index contributed by atoms with van der Waals surface area (Å²) in [7, 11) is 1.42. The summed E-state index contributed by atoms with van der Waals surface area (Å²) in [5, 5.41) is 0. The number of imidazole rings is 1. The van der Waals surface area contributed by atoms with Crippen molar-refractivity contribution in [3.05, 3.63) is 59.6 Å². The average molecular weight is 457 g/mol. The van der Waals surface area contributed by atoms with Crippen LogP contribution in [0.4, 0.5) is 26.3 Å². The standard InChI is InChI=1S/C21H17F6N3O2/c1-31-18-5-13(32-10-17-15(22)4-12(8-28-17)21(25,26)27)2-3-14(18)16-9-29-19(30-16)11-6-20(23,24)7-11/h2-5,8-9,11H,6-7,10H2,1H3,(H,29,30). The molecule has 4 rings (SSSR count). The summed E-state index contributed by atoms with van der Waals surface area (Å²) in [5.41, 5.74) is -0.302. The first-order valence-electron chi connectivity index (χ1n) is 9.51. The Morgan fingerprint density at radius 3 is 2.50 bits per heavy atom. The largest absolute Gasteiger partial charge is 0.496 e. The maximum atomic E-state index is 13.9. The van der Waals surface area contributed by atoms with Gasteiger partial charge < -0.3 is 14.5 Å². The van der Waals surface area contributed by atoms with Crippen molar-refractivity contribution in [1.29, 1.82) is 0 Å². The van der Waals surface area contributed by atoms with Crippen molar-refractivity contribution in [2.45, 2.75) is 37.5 Å². The molecule has 0 bridgehead atoms. The third-order valence-electron chi connectivity index (χ3n) is 5.16. The smallest absolute Gasteiger partial charge is 0.417 e. The van der Waals surface area contributed by atoms with Crippen LogP contribution < -0.4 is 9.47 Å². The highest BCUT2D eigenvalue weighted by Gasteiger charge is 2.47. The number of hydrogen-bond donors (Lipinski definition) is 1. The molecule has 0 atom stereocenters. The quantitative estimate of drug-likeness (QED) is 0.481. The summed E-state index contributed by atoms with van der Waals surface area (Å²) in [4.78, 5) is 10.7. The lowest BCUT2D eigenvalue weighted by Gasteiger charge is -2.33. The zero-order valence-corrected chi connectivity index (χ0v) is 16.6. The van der Waals surface area contributed by atoms with E-state index < -0.39 is 30.1 Å². The van der Waals surface area contributed by atoms with Crippen molar-refractivity contribution in [1.82, 2.24) is 15.0 Å². The fourth-order valence-electron chi connectivity index (χ4n) is 3.40. The van der Waals surface area contributed by atoms with E-state index in [2.05, 4.69) is 15.0 Å². The van der Waals surface area contributed by atoms with Crippen molar-refractivity contribution in [2.24, 2.45) is 0 Å². The van der Waals surface area contributed by atoms with Crippen LogP contribution in [-0.4, -0.2) is 28.0 Å². The molecule has 0 spiro atoms. The molecule has 3 aromatic rings. The molecule has 1 saturated carbocycles. The number of alkyl halides is 5. The number of halogens is 6.